The monoisotopic (exact) mass is 211 g/mol. The Morgan fingerprint density at radius 3 is 2.13 bits per heavy atom. The van der Waals surface area contributed by atoms with Gasteiger partial charge in [0, 0.05) is 13.1 Å². The highest BCUT2D eigenvalue weighted by Gasteiger charge is 2.41. The summed E-state index contributed by atoms with van der Waals surface area (Å²) in [7, 11) is 1.25. The molecule has 1 saturated heterocycles. The summed E-state index contributed by atoms with van der Waals surface area (Å²) in [6, 6.07) is 0. The van der Waals surface area contributed by atoms with Crippen molar-refractivity contribution in [1.82, 2.24) is 4.90 Å². The van der Waals surface area contributed by atoms with Crippen molar-refractivity contribution in [3.8, 4) is 0 Å². The minimum absolute atomic E-state index is 0.480. The van der Waals surface area contributed by atoms with E-state index in [1.165, 1.54) is 26.4 Å². The first-order valence-electron chi connectivity index (χ1n) is 5.54. The Balaban J connectivity index is 1.87. The molecule has 15 heavy (non-hydrogen) atoms. The van der Waals surface area contributed by atoms with Crippen molar-refractivity contribution in [2.45, 2.75) is 32.1 Å². The number of esters is 1. The van der Waals surface area contributed by atoms with Crippen LogP contribution in [0.4, 0.5) is 0 Å². The highest BCUT2D eigenvalue weighted by molar-refractivity contribution is 6.32. The fourth-order valence-corrected chi connectivity index (χ4v) is 2.58. The normalized spacial score (nSPS) is 23.4. The predicted octanol–water partition coefficient (Wildman–Crippen LogP) is 0.952. The molecule has 1 aliphatic heterocycles. The van der Waals surface area contributed by atoms with Crippen molar-refractivity contribution >= 4 is 11.9 Å². The number of nitrogens with zero attached hydrogens (tertiary/aromatic N) is 1. The molecular formula is C11H17NO3. The van der Waals surface area contributed by atoms with Gasteiger partial charge in [0.05, 0.1) is 7.11 Å². The summed E-state index contributed by atoms with van der Waals surface area (Å²) < 4.78 is 4.43. The van der Waals surface area contributed by atoms with Crippen LogP contribution < -0.4 is 0 Å². The van der Waals surface area contributed by atoms with E-state index in [1.54, 1.807) is 4.90 Å². The Kier molecular flexibility index (Phi) is 2.67. The van der Waals surface area contributed by atoms with Gasteiger partial charge in [-0.25, -0.2) is 4.79 Å². The standard InChI is InChI=1S/C11H17NO3/c1-15-10(14)9(13)12-7-5-11(6-8-12)3-2-4-11/h2-8H2,1H3. The number of rotatable bonds is 0. The molecule has 0 aromatic heterocycles. The Hall–Kier alpha value is -1.06. The molecule has 84 valence electrons. The quantitative estimate of drug-likeness (QED) is 0.443. The SMILES string of the molecule is COC(=O)C(=O)N1CCC2(CCC2)CC1. The summed E-state index contributed by atoms with van der Waals surface area (Å²) >= 11 is 0. The molecule has 4 heteroatoms. The number of hydrogen-bond acceptors (Lipinski definition) is 3. The molecule has 1 amide bonds. The second-order valence-corrected chi connectivity index (χ2v) is 4.64. The highest BCUT2D eigenvalue weighted by Crippen LogP contribution is 2.48. The molecular weight excluding hydrogens is 194 g/mol. The molecule has 0 unspecified atom stereocenters. The number of methoxy groups -OCH3 is 1. The number of hydrogen-bond donors (Lipinski definition) is 0. The average Bonchev–Trinajstić information content (AvgIpc) is 2.25. The van der Waals surface area contributed by atoms with Gasteiger partial charge in [-0.15, -0.1) is 0 Å². The maximum atomic E-state index is 11.5. The van der Waals surface area contributed by atoms with Crippen LogP contribution >= 0.6 is 0 Å². The van der Waals surface area contributed by atoms with Gasteiger partial charge in [0.1, 0.15) is 0 Å². The third-order valence-corrected chi connectivity index (χ3v) is 3.89. The first-order valence-corrected chi connectivity index (χ1v) is 5.54. The lowest BCUT2D eigenvalue weighted by atomic mass is 9.63. The zero-order valence-electron chi connectivity index (χ0n) is 9.12. The summed E-state index contributed by atoms with van der Waals surface area (Å²) in [6.45, 7) is 1.43. The Bertz CT molecular complexity index is 274. The van der Waals surface area contributed by atoms with Gasteiger partial charge in [0.15, 0.2) is 0 Å². The second kappa shape index (κ2) is 3.83. The molecule has 0 aromatic carbocycles. The van der Waals surface area contributed by atoms with Crippen LogP contribution in [0.15, 0.2) is 0 Å². The zero-order valence-corrected chi connectivity index (χ0v) is 9.12. The summed E-state index contributed by atoms with van der Waals surface area (Å²) in [5, 5.41) is 0. The molecule has 1 aliphatic carbocycles. The highest BCUT2D eigenvalue weighted by atomic mass is 16.5. The van der Waals surface area contributed by atoms with Crippen molar-refractivity contribution in [1.29, 1.82) is 0 Å². The first kappa shape index (κ1) is 10.5. The Morgan fingerprint density at radius 1 is 1.13 bits per heavy atom. The minimum Gasteiger partial charge on any atom is -0.462 e. The lowest BCUT2D eigenvalue weighted by Gasteiger charge is -2.47. The van der Waals surface area contributed by atoms with Crippen molar-refractivity contribution in [2.24, 2.45) is 5.41 Å². The number of ether oxygens (including phenoxy) is 1. The summed E-state index contributed by atoms with van der Waals surface area (Å²) in [4.78, 5) is 24.2. The van der Waals surface area contributed by atoms with E-state index >= 15 is 0 Å². The Labute approximate surface area is 89.6 Å². The van der Waals surface area contributed by atoms with Gasteiger partial charge >= 0.3 is 11.9 Å². The molecule has 0 aromatic rings. The first-order chi connectivity index (χ1) is 7.17. The van der Waals surface area contributed by atoms with E-state index in [1.807, 2.05) is 0 Å². The van der Waals surface area contributed by atoms with Crippen molar-refractivity contribution in [3.05, 3.63) is 0 Å². The molecule has 0 N–H and O–H groups in total. The maximum absolute atomic E-state index is 11.5. The fourth-order valence-electron chi connectivity index (χ4n) is 2.58. The summed E-state index contributed by atoms with van der Waals surface area (Å²) in [6.07, 6.45) is 6.02. The van der Waals surface area contributed by atoms with Gasteiger partial charge in [-0.1, -0.05) is 6.42 Å². The van der Waals surface area contributed by atoms with Crippen molar-refractivity contribution in [2.75, 3.05) is 20.2 Å². The average molecular weight is 211 g/mol. The van der Waals surface area contributed by atoms with Crippen molar-refractivity contribution < 1.29 is 14.3 Å². The van der Waals surface area contributed by atoms with E-state index in [0.29, 0.717) is 18.5 Å². The van der Waals surface area contributed by atoms with Crippen LogP contribution in [0.25, 0.3) is 0 Å². The van der Waals surface area contributed by atoms with E-state index in [0.717, 1.165) is 12.8 Å². The van der Waals surface area contributed by atoms with Gasteiger partial charge in [0.25, 0.3) is 0 Å². The molecule has 0 bridgehead atoms. The zero-order chi connectivity index (χ0) is 10.9. The van der Waals surface area contributed by atoms with E-state index in [-0.39, 0.29) is 0 Å². The molecule has 1 heterocycles. The number of carbonyl (C=O) groups is 2. The van der Waals surface area contributed by atoms with Crippen LogP contribution in [-0.4, -0.2) is 37.0 Å². The van der Waals surface area contributed by atoms with E-state index in [9.17, 15) is 9.59 Å². The van der Waals surface area contributed by atoms with Crippen LogP contribution in [0.5, 0.6) is 0 Å². The maximum Gasteiger partial charge on any atom is 0.396 e. The van der Waals surface area contributed by atoms with Gasteiger partial charge < -0.3 is 9.64 Å². The number of piperidine rings is 1. The van der Waals surface area contributed by atoms with Crippen LogP contribution in [0.3, 0.4) is 0 Å². The van der Waals surface area contributed by atoms with Crippen LogP contribution in [-0.2, 0) is 14.3 Å². The van der Waals surface area contributed by atoms with Crippen molar-refractivity contribution in [3.63, 3.8) is 0 Å². The molecule has 4 nitrogen and oxygen atoms in total. The lowest BCUT2D eigenvalue weighted by Crippen LogP contribution is -2.48. The summed E-state index contributed by atoms with van der Waals surface area (Å²) in [5.41, 5.74) is 0.507. The van der Waals surface area contributed by atoms with Crippen LogP contribution in [0, 0.1) is 5.41 Å². The van der Waals surface area contributed by atoms with Gasteiger partial charge in [-0.05, 0) is 31.1 Å². The van der Waals surface area contributed by atoms with E-state index in [4.69, 9.17) is 0 Å². The molecule has 2 fully saturated rings. The second-order valence-electron chi connectivity index (χ2n) is 4.64. The Morgan fingerprint density at radius 2 is 1.73 bits per heavy atom. The lowest BCUT2D eigenvalue weighted by molar-refractivity contribution is -0.159. The molecule has 2 aliphatic rings. The van der Waals surface area contributed by atoms with E-state index < -0.39 is 11.9 Å². The van der Waals surface area contributed by atoms with Crippen LogP contribution in [0.1, 0.15) is 32.1 Å². The third-order valence-electron chi connectivity index (χ3n) is 3.89. The van der Waals surface area contributed by atoms with Gasteiger partial charge in [-0.3, -0.25) is 4.79 Å². The molecule has 1 spiro atoms. The van der Waals surface area contributed by atoms with Gasteiger partial charge in [0.2, 0.25) is 0 Å². The fraction of sp³-hybridized carbons (Fsp3) is 0.818. The smallest absolute Gasteiger partial charge is 0.396 e. The van der Waals surface area contributed by atoms with Crippen LogP contribution in [0.2, 0.25) is 0 Å². The largest absolute Gasteiger partial charge is 0.462 e. The van der Waals surface area contributed by atoms with E-state index in [2.05, 4.69) is 4.74 Å². The topological polar surface area (TPSA) is 46.6 Å². The molecule has 2 rings (SSSR count). The number of carbonyl (C=O) groups excluding carboxylic acids is 2. The molecule has 1 saturated carbocycles. The van der Waals surface area contributed by atoms with Gasteiger partial charge in [-0.2, -0.15) is 0 Å². The minimum atomic E-state index is -0.737. The molecule has 0 atom stereocenters. The molecule has 0 radical (unpaired) electrons. The number of likely N-dealkylation sites (tertiary alicyclic amines) is 1. The summed E-state index contributed by atoms with van der Waals surface area (Å²) in [5.74, 6) is -1.22. The predicted molar refractivity (Wildman–Crippen MR) is 54.1 cm³/mol. The third kappa shape index (κ3) is 1.85. The number of amides is 1.